The van der Waals surface area contributed by atoms with Gasteiger partial charge in [0, 0.05) is 11.9 Å². The van der Waals surface area contributed by atoms with Crippen LogP contribution in [0, 0.1) is 5.92 Å². The van der Waals surface area contributed by atoms with Gasteiger partial charge in [0.15, 0.2) is 5.82 Å². The van der Waals surface area contributed by atoms with E-state index in [1.54, 1.807) is 6.20 Å². The Bertz CT molecular complexity index is 481. The van der Waals surface area contributed by atoms with E-state index in [1.807, 2.05) is 18.2 Å². The molecule has 96 valence electrons. The molecule has 0 aliphatic carbocycles. The summed E-state index contributed by atoms with van der Waals surface area (Å²) in [5, 5.41) is 3.93. The molecule has 0 bridgehead atoms. The first-order chi connectivity index (χ1) is 8.65. The number of rotatable bonds is 5. The number of pyridine rings is 1. The molecular weight excluding hydrogens is 228 g/mol. The third-order valence-electron chi connectivity index (χ3n) is 2.59. The molecule has 0 aliphatic heterocycles. The Balaban J connectivity index is 2.02. The van der Waals surface area contributed by atoms with Crippen LogP contribution in [0.15, 0.2) is 28.9 Å². The average Bonchev–Trinajstić information content (AvgIpc) is 2.78. The van der Waals surface area contributed by atoms with Crippen LogP contribution in [0.4, 0.5) is 0 Å². The summed E-state index contributed by atoms with van der Waals surface area (Å²) in [6.45, 7) is 4.23. The fraction of sp³-hybridized carbons (Fsp3) is 0.462. The van der Waals surface area contributed by atoms with Crippen LogP contribution in [0.1, 0.15) is 43.7 Å². The van der Waals surface area contributed by atoms with Gasteiger partial charge in [0.1, 0.15) is 0 Å². The maximum absolute atomic E-state index is 5.99. The third-order valence-corrected chi connectivity index (χ3v) is 2.59. The number of nitrogens with two attached hydrogens (primary N) is 1. The summed E-state index contributed by atoms with van der Waals surface area (Å²) < 4.78 is 5.19. The molecule has 2 N–H and O–H groups in total. The van der Waals surface area contributed by atoms with Crippen molar-refractivity contribution in [1.29, 1.82) is 0 Å². The molecule has 18 heavy (non-hydrogen) atoms. The van der Waals surface area contributed by atoms with Crippen molar-refractivity contribution in [2.75, 3.05) is 0 Å². The highest BCUT2D eigenvalue weighted by molar-refractivity contribution is 5.09. The lowest BCUT2D eigenvalue weighted by Gasteiger charge is -2.08. The van der Waals surface area contributed by atoms with Crippen molar-refractivity contribution in [1.82, 2.24) is 15.1 Å². The Morgan fingerprint density at radius 2 is 2.17 bits per heavy atom. The Morgan fingerprint density at radius 3 is 2.83 bits per heavy atom. The Kier molecular flexibility index (Phi) is 4.04. The summed E-state index contributed by atoms with van der Waals surface area (Å²) in [6.07, 6.45) is 3.16. The monoisotopic (exact) mass is 246 g/mol. The fourth-order valence-electron chi connectivity index (χ4n) is 1.76. The molecule has 0 aromatic carbocycles. The SMILES string of the molecule is CC(C)C[C@H](N)c1nc(Cc2ccccn2)no1. The molecule has 0 aliphatic rings. The lowest BCUT2D eigenvalue weighted by atomic mass is 10.0. The first-order valence-corrected chi connectivity index (χ1v) is 6.13. The van der Waals surface area contributed by atoms with E-state index in [2.05, 4.69) is 29.0 Å². The van der Waals surface area contributed by atoms with Gasteiger partial charge in [-0.25, -0.2) is 0 Å². The van der Waals surface area contributed by atoms with Gasteiger partial charge in [-0.3, -0.25) is 4.98 Å². The number of nitrogens with zero attached hydrogens (tertiary/aromatic N) is 3. The minimum atomic E-state index is -0.185. The van der Waals surface area contributed by atoms with Crippen LogP contribution in [0.2, 0.25) is 0 Å². The van der Waals surface area contributed by atoms with Crippen LogP contribution in [0.3, 0.4) is 0 Å². The van der Waals surface area contributed by atoms with Crippen LogP contribution >= 0.6 is 0 Å². The predicted molar refractivity (Wildman–Crippen MR) is 67.7 cm³/mol. The van der Waals surface area contributed by atoms with Crippen LogP contribution in [-0.2, 0) is 6.42 Å². The van der Waals surface area contributed by atoms with Gasteiger partial charge in [0.2, 0.25) is 5.89 Å². The number of hydrogen-bond donors (Lipinski definition) is 1. The molecule has 1 atom stereocenters. The lowest BCUT2D eigenvalue weighted by Crippen LogP contribution is -2.13. The van der Waals surface area contributed by atoms with Crippen molar-refractivity contribution >= 4 is 0 Å². The Morgan fingerprint density at radius 1 is 1.33 bits per heavy atom. The largest absolute Gasteiger partial charge is 0.338 e. The van der Waals surface area contributed by atoms with E-state index in [9.17, 15) is 0 Å². The molecule has 0 amide bonds. The normalized spacial score (nSPS) is 12.9. The van der Waals surface area contributed by atoms with E-state index in [0.29, 0.717) is 24.1 Å². The first-order valence-electron chi connectivity index (χ1n) is 6.13. The molecule has 2 aromatic rings. The summed E-state index contributed by atoms with van der Waals surface area (Å²) in [6, 6.07) is 5.57. The Hall–Kier alpha value is -1.75. The molecule has 0 unspecified atom stereocenters. The van der Waals surface area contributed by atoms with Crippen molar-refractivity contribution in [3.05, 3.63) is 41.8 Å². The zero-order valence-corrected chi connectivity index (χ0v) is 10.7. The third kappa shape index (κ3) is 3.37. The van der Waals surface area contributed by atoms with E-state index < -0.39 is 0 Å². The van der Waals surface area contributed by atoms with Gasteiger partial charge in [0.05, 0.1) is 12.5 Å². The van der Waals surface area contributed by atoms with E-state index in [4.69, 9.17) is 10.3 Å². The summed E-state index contributed by atoms with van der Waals surface area (Å²) in [4.78, 5) is 8.54. The van der Waals surface area contributed by atoms with Gasteiger partial charge in [-0.1, -0.05) is 25.1 Å². The highest BCUT2D eigenvalue weighted by Gasteiger charge is 2.16. The topological polar surface area (TPSA) is 77.8 Å². The standard InChI is InChI=1S/C13H18N4O/c1-9(2)7-11(14)13-16-12(17-18-13)8-10-5-3-4-6-15-10/h3-6,9,11H,7-8,14H2,1-2H3/t11-/m0/s1. The van der Waals surface area contributed by atoms with Gasteiger partial charge < -0.3 is 10.3 Å². The van der Waals surface area contributed by atoms with Crippen LogP contribution in [-0.4, -0.2) is 15.1 Å². The molecule has 2 rings (SSSR count). The van der Waals surface area contributed by atoms with Crippen molar-refractivity contribution in [3.63, 3.8) is 0 Å². The lowest BCUT2D eigenvalue weighted by molar-refractivity contribution is 0.333. The van der Waals surface area contributed by atoms with Crippen LogP contribution in [0.25, 0.3) is 0 Å². The number of hydrogen-bond acceptors (Lipinski definition) is 5. The van der Waals surface area contributed by atoms with Crippen LogP contribution in [0.5, 0.6) is 0 Å². The minimum Gasteiger partial charge on any atom is -0.338 e. The second-order valence-electron chi connectivity index (χ2n) is 4.78. The zero-order chi connectivity index (χ0) is 13.0. The van der Waals surface area contributed by atoms with E-state index in [-0.39, 0.29) is 6.04 Å². The van der Waals surface area contributed by atoms with Gasteiger partial charge >= 0.3 is 0 Å². The van der Waals surface area contributed by atoms with Crippen molar-refractivity contribution in [2.45, 2.75) is 32.7 Å². The Labute approximate surface area is 106 Å². The quantitative estimate of drug-likeness (QED) is 0.874. The van der Waals surface area contributed by atoms with Gasteiger partial charge in [-0.15, -0.1) is 0 Å². The molecule has 0 spiro atoms. The van der Waals surface area contributed by atoms with Crippen LogP contribution < -0.4 is 5.73 Å². The van der Waals surface area contributed by atoms with E-state index >= 15 is 0 Å². The van der Waals surface area contributed by atoms with Crippen molar-refractivity contribution in [3.8, 4) is 0 Å². The summed E-state index contributed by atoms with van der Waals surface area (Å²) >= 11 is 0. The van der Waals surface area contributed by atoms with E-state index in [0.717, 1.165) is 12.1 Å². The van der Waals surface area contributed by atoms with Crippen molar-refractivity contribution in [2.24, 2.45) is 11.7 Å². The fourth-order valence-corrected chi connectivity index (χ4v) is 1.76. The molecular formula is C13H18N4O. The van der Waals surface area contributed by atoms with Gasteiger partial charge in [-0.05, 0) is 24.5 Å². The second kappa shape index (κ2) is 5.73. The smallest absolute Gasteiger partial charge is 0.243 e. The molecule has 0 fully saturated rings. The minimum absolute atomic E-state index is 0.185. The molecule has 2 heterocycles. The molecule has 2 aromatic heterocycles. The maximum Gasteiger partial charge on any atom is 0.243 e. The first kappa shape index (κ1) is 12.7. The zero-order valence-electron chi connectivity index (χ0n) is 10.7. The average molecular weight is 246 g/mol. The molecule has 5 heteroatoms. The second-order valence-corrected chi connectivity index (χ2v) is 4.78. The summed E-state index contributed by atoms with van der Waals surface area (Å²) in [5.74, 6) is 1.64. The maximum atomic E-state index is 5.99. The summed E-state index contributed by atoms with van der Waals surface area (Å²) in [7, 11) is 0. The van der Waals surface area contributed by atoms with Crippen molar-refractivity contribution < 1.29 is 4.52 Å². The summed E-state index contributed by atoms with van der Waals surface area (Å²) in [5.41, 5.74) is 6.91. The predicted octanol–water partition coefficient (Wildman–Crippen LogP) is 2.10. The van der Waals surface area contributed by atoms with E-state index in [1.165, 1.54) is 0 Å². The van der Waals surface area contributed by atoms with Gasteiger partial charge in [0.25, 0.3) is 0 Å². The molecule has 5 nitrogen and oxygen atoms in total. The molecule has 0 saturated heterocycles. The highest BCUT2D eigenvalue weighted by atomic mass is 16.5. The number of aromatic nitrogens is 3. The molecule has 0 saturated carbocycles. The highest BCUT2D eigenvalue weighted by Crippen LogP contribution is 2.17. The van der Waals surface area contributed by atoms with Gasteiger partial charge in [-0.2, -0.15) is 4.98 Å². The molecule has 0 radical (unpaired) electrons.